The van der Waals surface area contributed by atoms with Gasteiger partial charge in [0.2, 0.25) is 0 Å². The molecular formula is C11H19NO. The highest BCUT2D eigenvalue weighted by atomic mass is 16.1. The lowest BCUT2D eigenvalue weighted by atomic mass is 10.0. The SMILES string of the molecule is C=C/C=C(\CCC)C[C@@H](C=O)NC. The normalized spacial score (nSPS) is 13.8. The standard InChI is InChI=1S/C11H19NO/c1-4-6-10(7-5-2)8-11(9-13)12-3/h4,6,9,11-12H,1,5,7-8H2,2-3H3/b10-6+/t11-/m0/s1. The zero-order valence-electron chi connectivity index (χ0n) is 8.55. The van der Waals surface area contributed by atoms with Crippen LogP contribution < -0.4 is 5.32 Å². The van der Waals surface area contributed by atoms with E-state index in [1.54, 1.807) is 13.1 Å². The number of nitrogens with one attached hydrogen (secondary N) is 1. The molecule has 0 heterocycles. The molecule has 0 fully saturated rings. The third-order valence-corrected chi connectivity index (χ3v) is 1.94. The van der Waals surface area contributed by atoms with Crippen molar-refractivity contribution in [2.24, 2.45) is 0 Å². The van der Waals surface area contributed by atoms with Crippen LogP contribution in [-0.2, 0) is 4.79 Å². The van der Waals surface area contributed by atoms with Crippen LogP contribution in [0.15, 0.2) is 24.3 Å². The van der Waals surface area contributed by atoms with E-state index >= 15 is 0 Å². The van der Waals surface area contributed by atoms with E-state index in [0.29, 0.717) is 0 Å². The van der Waals surface area contributed by atoms with E-state index in [1.807, 2.05) is 6.08 Å². The lowest BCUT2D eigenvalue weighted by molar-refractivity contribution is -0.109. The number of hydrogen-bond acceptors (Lipinski definition) is 2. The number of aldehydes is 1. The van der Waals surface area contributed by atoms with Gasteiger partial charge in [0.25, 0.3) is 0 Å². The molecule has 0 rings (SSSR count). The highest BCUT2D eigenvalue weighted by molar-refractivity contribution is 5.58. The van der Waals surface area contributed by atoms with E-state index in [0.717, 1.165) is 25.5 Å². The van der Waals surface area contributed by atoms with Gasteiger partial charge in [0.05, 0.1) is 6.04 Å². The summed E-state index contributed by atoms with van der Waals surface area (Å²) in [6.07, 6.45) is 7.67. The molecule has 0 aliphatic rings. The lowest BCUT2D eigenvalue weighted by Gasteiger charge is -2.11. The van der Waals surface area contributed by atoms with E-state index in [4.69, 9.17) is 0 Å². The second-order valence-corrected chi connectivity index (χ2v) is 3.05. The first-order valence-corrected chi connectivity index (χ1v) is 4.71. The molecule has 13 heavy (non-hydrogen) atoms. The fourth-order valence-corrected chi connectivity index (χ4v) is 1.24. The summed E-state index contributed by atoms with van der Waals surface area (Å²) in [6, 6.07) is -0.0576. The molecule has 0 aliphatic heterocycles. The Morgan fingerprint density at radius 1 is 1.62 bits per heavy atom. The van der Waals surface area contributed by atoms with Crippen molar-refractivity contribution >= 4 is 6.29 Å². The van der Waals surface area contributed by atoms with Crippen molar-refractivity contribution in [2.75, 3.05) is 7.05 Å². The Labute approximate surface area is 80.7 Å². The molecule has 0 aromatic rings. The second kappa shape index (κ2) is 7.74. The van der Waals surface area contributed by atoms with Crippen molar-refractivity contribution in [3.63, 3.8) is 0 Å². The van der Waals surface area contributed by atoms with Crippen molar-refractivity contribution in [1.29, 1.82) is 0 Å². The predicted molar refractivity (Wildman–Crippen MR) is 56.7 cm³/mol. The molecule has 0 aliphatic carbocycles. The van der Waals surface area contributed by atoms with Crippen molar-refractivity contribution in [3.05, 3.63) is 24.3 Å². The molecule has 0 radical (unpaired) electrons. The van der Waals surface area contributed by atoms with E-state index in [1.165, 1.54) is 5.57 Å². The fraction of sp³-hybridized carbons (Fsp3) is 0.545. The Balaban J connectivity index is 4.14. The molecule has 2 heteroatoms. The predicted octanol–water partition coefficient (Wildman–Crippen LogP) is 2.08. The Morgan fingerprint density at radius 3 is 2.69 bits per heavy atom. The maximum absolute atomic E-state index is 10.6. The van der Waals surface area contributed by atoms with Crippen LogP contribution in [0.5, 0.6) is 0 Å². The summed E-state index contributed by atoms with van der Waals surface area (Å²) in [5.41, 5.74) is 1.28. The summed E-state index contributed by atoms with van der Waals surface area (Å²) in [4.78, 5) is 10.6. The number of rotatable bonds is 7. The molecule has 1 atom stereocenters. The van der Waals surface area contributed by atoms with Gasteiger partial charge < -0.3 is 10.1 Å². The van der Waals surface area contributed by atoms with Crippen LogP contribution in [0.25, 0.3) is 0 Å². The van der Waals surface area contributed by atoms with Gasteiger partial charge in [-0.1, -0.05) is 37.6 Å². The first-order chi connectivity index (χ1) is 6.28. The molecule has 0 spiro atoms. The molecule has 0 aromatic heterocycles. The fourth-order valence-electron chi connectivity index (χ4n) is 1.24. The Morgan fingerprint density at radius 2 is 2.31 bits per heavy atom. The van der Waals surface area contributed by atoms with Gasteiger partial charge in [0, 0.05) is 0 Å². The average Bonchev–Trinajstić information content (AvgIpc) is 2.14. The van der Waals surface area contributed by atoms with E-state index in [-0.39, 0.29) is 6.04 Å². The largest absolute Gasteiger partial charge is 0.311 e. The molecule has 0 unspecified atom stereocenters. The van der Waals surface area contributed by atoms with Crippen LogP contribution in [0.3, 0.4) is 0 Å². The smallest absolute Gasteiger partial charge is 0.137 e. The lowest BCUT2D eigenvalue weighted by Crippen LogP contribution is -2.26. The van der Waals surface area contributed by atoms with Crippen LogP contribution >= 0.6 is 0 Å². The number of likely N-dealkylation sites (N-methyl/N-ethyl adjacent to an activating group) is 1. The maximum Gasteiger partial charge on any atom is 0.137 e. The first kappa shape index (κ1) is 12.1. The van der Waals surface area contributed by atoms with Crippen molar-refractivity contribution < 1.29 is 4.79 Å². The first-order valence-electron chi connectivity index (χ1n) is 4.71. The second-order valence-electron chi connectivity index (χ2n) is 3.05. The minimum absolute atomic E-state index is 0.0576. The number of carbonyl (C=O) groups is 1. The summed E-state index contributed by atoms with van der Waals surface area (Å²) >= 11 is 0. The van der Waals surface area contributed by atoms with Gasteiger partial charge in [-0.15, -0.1) is 0 Å². The molecule has 0 amide bonds. The molecule has 74 valence electrons. The molecule has 2 nitrogen and oxygen atoms in total. The van der Waals surface area contributed by atoms with Crippen molar-refractivity contribution in [1.82, 2.24) is 5.32 Å². The highest BCUT2D eigenvalue weighted by Crippen LogP contribution is 2.11. The van der Waals surface area contributed by atoms with Gasteiger partial charge in [0.15, 0.2) is 0 Å². The van der Waals surface area contributed by atoms with Crippen molar-refractivity contribution in [3.8, 4) is 0 Å². The topological polar surface area (TPSA) is 29.1 Å². The number of allylic oxidation sites excluding steroid dienone is 2. The third kappa shape index (κ3) is 5.36. The minimum Gasteiger partial charge on any atom is -0.311 e. The Kier molecular flexibility index (Phi) is 7.21. The van der Waals surface area contributed by atoms with Gasteiger partial charge in [-0.2, -0.15) is 0 Å². The number of hydrogen-bond donors (Lipinski definition) is 1. The van der Waals surface area contributed by atoms with Gasteiger partial charge in [-0.3, -0.25) is 0 Å². The Hall–Kier alpha value is -0.890. The molecule has 0 bridgehead atoms. The average molecular weight is 181 g/mol. The minimum atomic E-state index is -0.0576. The Bertz CT molecular complexity index is 185. The molecule has 1 N–H and O–H groups in total. The molecule has 0 aromatic carbocycles. The molecular weight excluding hydrogens is 162 g/mol. The van der Waals surface area contributed by atoms with Crippen LogP contribution in [0.4, 0.5) is 0 Å². The monoisotopic (exact) mass is 181 g/mol. The van der Waals surface area contributed by atoms with Crippen LogP contribution in [0.2, 0.25) is 0 Å². The summed E-state index contributed by atoms with van der Waals surface area (Å²) < 4.78 is 0. The molecule has 0 saturated carbocycles. The van der Waals surface area contributed by atoms with Gasteiger partial charge in [-0.05, 0) is 19.9 Å². The van der Waals surface area contributed by atoms with Crippen molar-refractivity contribution in [2.45, 2.75) is 32.2 Å². The summed E-state index contributed by atoms with van der Waals surface area (Å²) in [5.74, 6) is 0. The van der Waals surface area contributed by atoms with E-state index in [9.17, 15) is 4.79 Å². The van der Waals surface area contributed by atoms with Gasteiger partial charge in [-0.25, -0.2) is 0 Å². The quantitative estimate of drug-likeness (QED) is 0.481. The summed E-state index contributed by atoms with van der Waals surface area (Å²) in [6.45, 7) is 5.79. The number of carbonyl (C=O) groups excluding carboxylic acids is 1. The van der Waals surface area contributed by atoms with E-state index in [2.05, 4.69) is 18.8 Å². The van der Waals surface area contributed by atoms with Gasteiger partial charge >= 0.3 is 0 Å². The van der Waals surface area contributed by atoms with Crippen LogP contribution in [0.1, 0.15) is 26.2 Å². The summed E-state index contributed by atoms with van der Waals surface area (Å²) in [7, 11) is 1.80. The van der Waals surface area contributed by atoms with Crippen LogP contribution in [-0.4, -0.2) is 19.4 Å². The molecule has 0 saturated heterocycles. The maximum atomic E-state index is 10.6. The van der Waals surface area contributed by atoms with Gasteiger partial charge in [0.1, 0.15) is 6.29 Å². The summed E-state index contributed by atoms with van der Waals surface area (Å²) in [5, 5.41) is 2.96. The highest BCUT2D eigenvalue weighted by Gasteiger charge is 2.05. The van der Waals surface area contributed by atoms with E-state index < -0.39 is 0 Å². The zero-order valence-corrected chi connectivity index (χ0v) is 8.55. The third-order valence-electron chi connectivity index (χ3n) is 1.94. The van der Waals surface area contributed by atoms with Crippen LogP contribution in [0, 0.1) is 0 Å². The zero-order chi connectivity index (χ0) is 10.1.